The highest BCUT2D eigenvalue weighted by Crippen LogP contribution is 2.17. The predicted molar refractivity (Wildman–Crippen MR) is 77.3 cm³/mol. The van der Waals surface area contributed by atoms with Crippen molar-refractivity contribution in [2.75, 3.05) is 26.1 Å². The molecular weight excluding hydrogens is 282 g/mol. The van der Waals surface area contributed by atoms with Gasteiger partial charge >= 0.3 is 5.69 Å². The second kappa shape index (κ2) is 8.46. The number of aliphatic hydroxyl groups excluding tert-OH is 1. The maximum absolute atomic E-state index is 11.5. The van der Waals surface area contributed by atoms with Crippen LogP contribution in [0.25, 0.3) is 0 Å². The number of aromatic amines is 1. The SMILES string of the molecule is COCC(C)OCC(O)CSc1n[nH]c(=O)n1C(C)C. The summed E-state index contributed by atoms with van der Waals surface area (Å²) in [6, 6.07) is 0.0267. The Labute approximate surface area is 122 Å². The lowest BCUT2D eigenvalue weighted by Crippen LogP contribution is -2.25. The van der Waals surface area contributed by atoms with Crippen molar-refractivity contribution in [1.29, 1.82) is 0 Å². The lowest BCUT2D eigenvalue weighted by Gasteiger charge is -2.15. The van der Waals surface area contributed by atoms with Crippen molar-refractivity contribution in [3.8, 4) is 0 Å². The molecule has 1 aromatic rings. The molecule has 0 aromatic carbocycles. The predicted octanol–water partition coefficient (Wildman–Crippen LogP) is 0.657. The Hall–Kier alpha value is -0.830. The smallest absolute Gasteiger partial charge is 0.344 e. The quantitative estimate of drug-likeness (QED) is 0.651. The first kappa shape index (κ1) is 17.2. The average Bonchev–Trinajstić information content (AvgIpc) is 2.75. The second-order valence-electron chi connectivity index (χ2n) is 4.84. The number of rotatable bonds is 9. The summed E-state index contributed by atoms with van der Waals surface area (Å²) in [6.45, 7) is 6.42. The fourth-order valence-corrected chi connectivity index (χ4v) is 2.61. The Morgan fingerprint density at radius 2 is 2.10 bits per heavy atom. The Balaban J connectivity index is 2.41. The number of hydrogen-bond donors (Lipinski definition) is 2. The molecule has 0 amide bonds. The molecule has 0 saturated carbocycles. The van der Waals surface area contributed by atoms with E-state index in [4.69, 9.17) is 9.47 Å². The molecule has 1 rings (SSSR count). The normalized spacial score (nSPS) is 14.7. The summed E-state index contributed by atoms with van der Waals surface area (Å²) in [4.78, 5) is 11.5. The first-order valence-corrected chi connectivity index (χ1v) is 7.52. The Morgan fingerprint density at radius 3 is 2.70 bits per heavy atom. The van der Waals surface area contributed by atoms with Crippen LogP contribution in [0.15, 0.2) is 9.95 Å². The zero-order valence-corrected chi connectivity index (χ0v) is 13.1. The van der Waals surface area contributed by atoms with E-state index in [0.717, 1.165) is 0 Å². The molecule has 7 nitrogen and oxygen atoms in total. The third kappa shape index (κ3) is 5.28. The van der Waals surface area contributed by atoms with Crippen LogP contribution >= 0.6 is 11.8 Å². The second-order valence-corrected chi connectivity index (χ2v) is 5.83. The molecular formula is C12H23N3O4S. The minimum absolute atomic E-state index is 0.0267. The van der Waals surface area contributed by atoms with E-state index in [1.807, 2.05) is 20.8 Å². The highest BCUT2D eigenvalue weighted by atomic mass is 32.2. The van der Waals surface area contributed by atoms with Gasteiger partial charge in [-0.25, -0.2) is 9.89 Å². The molecule has 0 aliphatic heterocycles. The number of nitrogens with zero attached hydrogens (tertiary/aromatic N) is 2. The van der Waals surface area contributed by atoms with E-state index in [1.54, 1.807) is 11.7 Å². The van der Waals surface area contributed by atoms with Crippen LogP contribution in [0.2, 0.25) is 0 Å². The van der Waals surface area contributed by atoms with E-state index in [-0.39, 0.29) is 24.4 Å². The molecule has 0 spiro atoms. The van der Waals surface area contributed by atoms with Gasteiger partial charge in [0.2, 0.25) is 0 Å². The monoisotopic (exact) mass is 305 g/mol. The van der Waals surface area contributed by atoms with Crippen LogP contribution in [0.4, 0.5) is 0 Å². The van der Waals surface area contributed by atoms with Crippen LogP contribution in [0, 0.1) is 0 Å². The molecule has 0 radical (unpaired) electrons. The zero-order chi connectivity index (χ0) is 15.1. The largest absolute Gasteiger partial charge is 0.390 e. The number of methoxy groups -OCH3 is 1. The minimum Gasteiger partial charge on any atom is -0.390 e. The molecule has 0 aliphatic rings. The molecule has 20 heavy (non-hydrogen) atoms. The van der Waals surface area contributed by atoms with Crippen molar-refractivity contribution in [1.82, 2.24) is 14.8 Å². The molecule has 1 aromatic heterocycles. The topological polar surface area (TPSA) is 89.4 Å². The third-order valence-electron chi connectivity index (χ3n) is 2.57. The summed E-state index contributed by atoms with van der Waals surface area (Å²) in [7, 11) is 1.61. The Kier molecular flexibility index (Phi) is 7.28. The van der Waals surface area contributed by atoms with Gasteiger partial charge in [-0.1, -0.05) is 11.8 Å². The Bertz CT molecular complexity index is 446. The summed E-state index contributed by atoms with van der Waals surface area (Å²) < 4.78 is 11.9. The summed E-state index contributed by atoms with van der Waals surface area (Å²) in [5.74, 6) is 0.413. The van der Waals surface area contributed by atoms with E-state index in [9.17, 15) is 9.90 Å². The van der Waals surface area contributed by atoms with Crippen LogP contribution in [0.3, 0.4) is 0 Å². The lowest BCUT2D eigenvalue weighted by molar-refractivity contribution is -0.0257. The van der Waals surface area contributed by atoms with Gasteiger partial charge in [0.15, 0.2) is 5.16 Å². The van der Waals surface area contributed by atoms with E-state index >= 15 is 0 Å². The number of hydrogen-bond acceptors (Lipinski definition) is 6. The fraction of sp³-hybridized carbons (Fsp3) is 0.833. The van der Waals surface area contributed by atoms with Crippen LogP contribution in [0.1, 0.15) is 26.8 Å². The molecule has 2 unspecified atom stereocenters. The zero-order valence-electron chi connectivity index (χ0n) is 12.3. The van der Waals surface area contributed by atoms with Crippen molar-refractivity contribution in [3.63, 3.8) is 0 Å². The fourth-order valence-electron chi connectivity index (χ4n) is 1.62. The van der Waals surface area contributed by atoms with Crippen molar-refractivity contribution in [2.24, 2.45) is 0 Å². The van der Waals surface area contributed by atoms with Gasteiger partial charge in [0.1, 0.15) is 0 Å². The first-order chi connectivity index (χ1) is 9.45. The molecule has 8 heteroatoms. The van der Waals surface area contributed by atoms with E-state index in [2.05, 4.69) is 10.2 Å². The van der Waals surface area contributed by atoms with Crippen LogP contribution in [0.5, 0.6) is 0 Å². The molecule has 116 valence electrons. The van der Waals surface area contributed by atoms with Gasteiger partial charge in [-0.3, -0.25) is 4.57 Å². The third-order valence-corrected chi connectivity index (χ3v) is 3.67. The minimum atomic E-state index is -0.619. The van der Waals surface area contributed by atoms with Gasteiger partial charge in [-0.2, -0.15) is 0 Å². The van der Waals surface area contributed by atoms with E-state index in [1.165, 1.54) is 11.8 Å². The summed E-state index contributed by atoms with van der Waals surface area (Å²) in [5, 5.41) is 16.8. The van der Waals surface area contributed by atoms with Crippen molar-refractivity contribution < 1.29 is 14.6 Å². The maximum Gasteiger partial charge on any atom is 0.344 e. The number of ether oxygens (including phenoxy) is 2. The molecule has 0 aliphatic carbocycles. The average molecular weight is 305 g/mol. The molecule has 2 atom stereocenters. The van der Waals surface area contributed by atoms with Crippen molar-refractivity contribution in [2.45, 2.75) is 44.2 Å². The number of aliphatic hydroxyl groups is 1. The van der Waals surface area contributed by atoms with Gasteiger partial charge in [0.05, 0.1) is 25.4 Å². The molecule has 2 N–H and O–H groups in total. The maximum atomic E-state index is 11.5. The standard InChI is InChI=1S/C12H23N3O4S/c1-8(2)15-11(17)13-14-12(15)20-7-10(16)6-19-9(3)5-18-4/h8-10,16H,5-7H2,1-4H3,(H,13,17). The summed E-state index contributed by atoms with van der Waals surface area (Å²) in [5.41, 5.74) is -0.234. The first-order valence-electron chi connectivity index (χ1n) is 6.54. The van der Waals surface area contributed by atoms with Gasteiger partial charge < -0.3 is 14.6 Å². The highest BCUT2D eigenvalue weighted by Gasteiger charge is 2.14. The van der Waals surface area contributed by atoms with Crippen molar-refractivity contribution in [3.05, 3.63) is 10.5 Å². The van der Waals surface area contributed by atoms with Crippen molar-refractivity contribution >= 4 is 11.8 Å². The van der Waals surface area contributed by atoms with Crippen LogP contribution in [-0.4, -0.2) is 58.2 Å². The van der Waals surface area contributed by atoms with E-state index in [0.29, 0.717) is 17.5 Å². The Morgan fingerprint density at radius 1 is 1.40 bits per heavy atom. The molecule has 0 bridgehead atoms. The molecule has 0 fully saturated rings. The summed E-state index contributed by atoms with van der Waals surface area (Å²) >= 11 is 1.33. The highest BCUT2D eigenvalue weighted by molar-refractivity contribution is 7.99. The number of H-pyrrole nitrogens is 1. The van der Waals surface area contributed by atoms with Gasteiger partial charge in [-0.05, 0) is 20.8 Å². The molecule has 1 heterocycles. The van der Waals surface area contributed by atoms with Gasteiger partial charge in [-0.15, -0.1) is 5.10 Å². The lowest BCUT2D eigenvalue weighted by atomic mass is 10.4. The number of aromatic nitrogens is 3. The van der Waals surface area contributed by atoms with E-state index < -0.39 is 6.10 Å². The van der Waals surface area contributed by atoms with Gasteiger partial charge in [0.25, 0.3) is 0 Å². The number of nitrogens with one attached hydrogen (secondary N) is 1. The summed E-state index contributed by atoms with van der Waals surface area (Å²) in [6.07, 6.45) is -0.675. The van der Waals surface area contributed by atoms with Crippen LogP contribution < -0.4 is 5.69 Å². The van der Waals surface area contributed by atoms with Gasteiger partial charge in [0, 0.05) is 18.9 Å². The number of thioether (sulfide) groups is 1. The molecule has 0 saturated heterocycles. The van der Waals surface area contributed by atoms with Crippen LogP contribution in [-0.2, 0) is 9.47 Å².